The Hall–Kier alpha value is -0.0800. The van der Waals surface area contributed by atoms with Gasteiger partial charge in [-0.15, -0.1) is 0 Å². The summed E-state index contributed by atoms with van der Waals surface area (Å²) >= 11 is 0. The van der Waals surface area contributed by atoms with Gasteiger partial charge in [0.05, 0.1) is 27.2 Å². The minimum absolute atomic E-state index is 0.643. The lowest BCUT2D eigenvalue weighted by atomic mass is 10.1. The Morgan fingerprint density at radius 1 is 0.941 bits per heavy atom. The molecular weight excluding hydrogens is 210 g/mol. The molecule has 0 aliphatic heterocycles. The number of quaternary nitrogens is 1. The number of unbranched alkanes of at least 4 members (excludes halogenated alkanes) is 5. The number of rotatable bonds is 11. The van der Waals surface area contributed by atoms with Crippen LogP contribution in [0.1, 0.15) is 59.3 Å². The number of ether oxygens (including phenoxy) is 1. The van der Waals surface area contributed by atoms with Gasteiger partial charge in [0.2, 0.25) is 0 Å². The lowest BCUT2D eigenvalue weighted by molar-refractivity contribution is -0.910. The van der Waals surface area contributed by atoms with Crippen LogP contribution >= 0.6 is 0 Å². The molecule has 0 saturated heterocycles. The predicted octanol–water partition coefficient (Wildman–Crippen LogP) is 4.05. The Labute approximate surface area is 109 Å². The highest BCUT2D eigenvalue weighted by molar-refractivity contribution is 4.43. The Kier molecular flexibility index (Phi) is 9.85. The summed E-state index contributed by atoms with van der Waals surface area (Å²) in [6.45, 7) is 9.66. The van der Waals surface area contributed by atoms with E-state index >= 15 is 0 Å². The summed E-state index contributed by atoms with van der Waals surface area (Å²) in [4.78, 5) is 0. The van der Waals surface area contributed by atoms with Crippen LogP contribution in [0, 0.1) is 5.92 Å². The average molecular weight is 244 g/mol. The van der Waals surface area contributed by atoms with Gasteiger partial charge in [-0.25, -0.2) is 0 Å². The molecule has 0 heterocycles. The molecule has 0 amide bonds. The molecule has 0 rings (SSSR count). The second-order valence-electron chi connectivity index (χ2n) is 6.32. The van der Waals surface area contributed by atoms with Crippen molar-refractivity contribution in [3.8, 4) is 0 Å². The van der Waals surface area contributed by atoms with Crippen LogP contribution in [0.15, 0.2) is 0 Å². The third kappa shape index (κ3) is 12.2. The third-order valence-electron chi connectivity index (χ3n) is 3.01. The molecule has 0 aromatic heterocycles. The highest BCUT2D eigenvalue weighted by Gasteiger charge is 2.14. The van der Waals surface area contributed by atoms with Crippen molar-refractivity contribution in [2.45, 2.75) is 59.3 Å². The number of hydrogen-bond acceptors (Lipinski definition) is 1. The van der Waals surface area contributed by atoms with E-state index in [2.05, 4.69) is 34.9 Å². The van der Waals surface area contributed by atoms with Crippen molar-refractivity contribution >= 4 is 0 Å². The van der Waals surface area contributed by atoms with Crippen molar-refractivity contribution in [1.82, 2.24) is 0 Å². The summed E-state index contributed by atoms with van der Waals surface area (Å²) in [7, 11) is 4.54. The Morgan fingerprint density at radius 2 is 1.53 bits per heavy atom. The van der Waals surface area contributed by atoms with E-state index in [4.69, 9.17) is 4.74 Å². The van der Waals surface area contributed by atoms with Gasteiger partial charge in [-0.05, 0) is 18.8 Å². The van der Waals surface area contributed by atoms with Crippen LogP contribution in [0.25, 0.3) is 0 Å². The first-order valence-electron chi connectivity index (χ1n) is 7.37. The molecule has 2 heteroatoms. The van der Waals surface area contributed by atoms with Gasteiger partial charge in [0.15, 0.2) is 6.73 Å². The minimum Gasteiger partial charge on any atom is -0.331 e. The molecule has 0 atom stereocenters. The van der Waals surface area contributed by atoms with E-state index < -0.39 is 0 Å². The van der Waals surface area contributed by atoms with Gasteiger partial charge < -0.3 is 9.22 Å². The molecule has 0 aromatic carbocycles. The number of hydrogen-bond donors (Lipinski definition) is 0. The van der Waals surface area contributed by atoms with Crippen LogP contribution in [0.2, 0.25) is 0 Å². The second-order valence-corrected chi connectivity index (χ2v) is 6.32. The summed E-state index contributed by atoms with van der Waals surface area (Å²) in [5.41, 5.74) is 0. The summed E-state index contributed by atoms with van der Waals surface area (Å²) < 4.78 is 6.73. The molecule has 0 fully saturated rings. The molecule has 17 heavy (non-hydrogen) atoms. The zero-order valence-electron chi connectivity index (χ0n) is 12.8. The van der Waals surface area contributed by atoms with Crippen molar-refractivity contribution in [2.75, 3.05) is 34.0 Å². The smallest absolute Gasteiger partial charge is 0.182 e. The first-order valence-corrected chi connectivity index (χ1v) is 7.37. The first kappa shape index (κ1) is 16.9. The molecule has 2 nitrogen and oxygen atoms in total. The Bertz CT molecular complexity index is 166. The fraction of sp³-hybridized carbons (Fsp3) is 1.00. The second kappa shape index (κ2) is 9.90. The van der Waals surface area contributed by atoms with Crippen molar-refractivity contribution in [3.63, 3.8) is 0 Å². The van der Waals surface area contributed by atoms with E-state index in [1.165, 1.54) is 45.1 Å². The van der Waals surface area contributed by atoms with Crippen molar-refractivity contribution < 1.29 is 9.22 Å². The van der Waals surface area contributed by atoms with Crippen molar-refractivity contribution in [1.29, 1.82) is 0 Å². The minimum atomic E-state index is 0.643. The van der Waals surface area contributed by atoms with Gasteiger partial charge in [0, 0.05) is 0 Å². The molecule has 0 aliphatic carbocycles. The maximum Gasteiger partial charge on any atom is 0.182 e. The lowest BCUT2D eigenvalue weighted by Crippen LogP contribution is -2.42. The number of nitrogens with zero attached hydrogens (tertiary/aromatic N) is 1. The molecule has 0 aliphatic rings. The first-order chi connectivity index (χ1) is 7.98. The SMILES string of the molecule is CCCCCCCC[N+](C)(C)COCC(C)C. The van der Waals surface area contributed by atoms with Gasteiger partial charge in [-0.1, -0.05) is 46.5 Å². The van der Waals surface area contributed by atoms with Crippen LogP contribution in [0.3, 0.4) is 0 Å². The monoisotopic (exact) mass is 244 g/mol. The van der Waals surface area contributed by atoms with E-state index in [1.54, 1.807) is 0 Å². The molecule has 0 radical (unpaired) electrons. The van der Waals surface area contributed by atoms with Gasteiger partial charge in [-0.3, -0.25) is 0 Å². The van der Waals surface area contributed by atoms with Crippen LogP contribution in [-0.4, -0.2) is 38.5 Å². The predicted molar refractivity (Wildman–Crippen MR) is 76.0 cm³/mol. The van der Waals surface area contributed by atoms with E-state index in [1.807, 2.05) is 0 Å². The largest absolute Gasteiger partial charge is 0.331 e. The fourth-order valence-corrected chi connectivity index (χ4v) is 1.92. The van der Waals surface area contributed by atoms with Crippen molar-refractivity contribution in [2.24, 2.45) is 5.92 Å². The Balaban J connectivity index is 3.43. The summed E-state index contributed by atoms with van der Waals surface area (Å²) in [6, 6.07) is 0. The zero-order chi connectivity index (χ0) is 13.1. The lowest BCUT2D eigenvalue weighted by Gasteiger charge is -2.29. The fourth-order valence-electron chi connectivity index (χ4n) is 1.92. The molecule has 104 valence electrons. The van der Waals surface area contributed by atoms with Crippen LogP contribution < -0.4 is 0 Å². The van der Waals surface area contributed by atoms with E-state index in [-0.39, 0.29) is 0 Å². The van der Waals surface area contributed by atoms with Crippen molar-refractivity contribution in [3.05, 3.63) is 0 Å². The van der Waals surface area contributed by atoms with Gasteiger partial charge in [0.1, 0.15) is 0 Å². The van der Waals surface area contributed by atoms with Crippen LogP contribution in [0.4, 0.5) is 0 Å². The Morgan fingerprint density at radius 3 is 2.12 bits per heavy atom. The summed E-state index contributed by atoms with van der Waals surface area (Å²) in [6.07, 6.45) is 8.27. The molecular formula is C15H34NO+. The summed E-state index contributed by atoms with van der Waals surface area (Å²) in [5, 5.41) is 0. The van der Waals surface area contributed by atoms with E-state index in [0.29, 0.717) is 5.92 Å². The molecule has 0 N–H and O–H groups in total. The molecule has 0 bridgehead atoms. The molecule has 0 spiro atoms. The third-order valence-corrected chi connectivity index (χ3v) is 3.01. The zero-order valence-corrected chi connectivity index (χ0v) is 12.8. The van der Waals surface area contributed by atoms with Gasteiger partial charge in [-0.2, -0.15) is 0 Å². The maximum absolute atomic E-state index is 5.73. The quantitative estimate of drug-likeness (QED) is 0.303. The highest BCUT2D eigenvalue weighted by Crippen LogP contribution is 2.08. The van der Waals surface area contributed by atoms with Gasteiger partial charge in [0.25, 0.3) is 0 Å². The molecule has 0 unspecified atom stereocenters. The van der Waals surface area contributed by atoms with Gasteiger partial charge >= 0.3 is 0 Å². The van der Waals surface area contributed by atoms with E-state index in [9.17, 15) is 0 Å². The highest BCUT2D eigenvalue weighted by atomic mass is 16.5. The van der Waals surface area contributed by atoms with Crippen LogP contribution in [0.5, 0.6) is 0 Å². The molecule has 0 saturated carbocycles. The topological polar surface area (TPSA) is 9.23 Å². The normalized spacial score (nSPS) is 12.4. The molecule has 0 aromatic rings. The average Bonchev–Trinajstić information content (AvgIpc) is 2.22. The van der Waals surface area contributed by atoms with Crippen LogP contribution in [-0.2, 0) is 4.74 Å². The van der Waals surface area contributed by atoms with E-state index in [0.717, 1.165) is 17.8 Å². The maximum atomic E-state index is 5.73. The summed E-state index contributed by atoms with van der Waals surface area (Å²) in [5.74, 6) is 0.643. The standard InChI is InChI=1S/C15H34NO/c1-6-7-8-9-10-11-12-16(4,5)14-17-13-15(2)3/h15H,6-14H2,1-5H3/q+1.